The lowest BCUT2D eigenvalue weighted by Gasteiger charge is -2.40. The number of carboxylic acid groups (broad SMARTS) is 1. The average molecular weight is 402 g/mol. The van der Waals surface area contributed by atoms with E-state index in [2.05, 4.69) is 27.4 Å². The Hall–Kier alpha value is -2.86. The number of hydrogen-bond acceptors (Lipinski definition) is 5. The van der Waals surface area contributed by atoms with Crippen LogP contribution in [0.15, 0.2) is 18.2 Å². The predicted molar refractivity (Wildman–Crippen MR) is 108 cm³/mol. The fourth-order valence-corrected chi connectivity index (χ4v) is 3.63. The number of amides is 3. The van der Waals surface area contributed by atoms with Gasteiger partial charge in [-0.3, -0.25) is 0 Å². The fraction of sp³-hybridized carbons (Fsp3) is 0.600. The molecule has 0 radical (unpaired) electrons. The summed E-state index contributed by atoms with van der Waals surface area (Å²) in [5.74, 6) is 0. The molecule has 0 bridgehead atoms. The number of rotatable bonds is 8. The van der Waals surface area contributed by atoms with Crippen molar-refractivity contribution in [1.82, 2.24) is 25.4 Å². The number of hydrogen-bond donors (Lipinski definition) is 3. The first-order valence-corrected chi connectivity index (χ1v) is 10.1. The Kier molecular flexibility index (Phi) is 8.68. The highest BCUT2D eigenvalue weighted by Gasteiger charge is 2.29. The van der Waals surface area contributed by atoms with Crippen LogP contribution in [0.3, 0.4) is 0 Å². The topological polar surface area (TPSA) is 122 Å². The zero-order valence-corrected chi connectivity index (χ0v) is 17.1. The van der Waals surface area contributed by atoms with Gasteiger partial charge in [-0.2, -0.15) is 5.26 Å². The van der Waals surface area contributed by atoms with Crippen LogP contribution < -0.4 is 10.6 Å². The molecule has 2 heterocycles. The van der Waals surface area contributed by atoms with E-state index in [9.17, 15) is 9.59 Å². The minimum atomic E-state index is -0.998. The number of nitriles is 1. The summed E-state index contributed by atoms with van der Waals surface area (Å²) in [6.45, 7) is 7.03. The molecule has 0 saturated carbocycles. The molecule has 1 fully saturated rings. The van der Waals surface area contributed by atoms with Gasteiger partial charge in [-0.1, -0.05) is 6.07 Å². The number of pyridine rings is 1. The highest BCUT2D eigenvalue weighted by Crippen LogP contribution is 2.21. The minimum Gasteiger partial charge on any atom is -0.465 e. The Morgan fingerprint density at radius 3 is 2.72 bits per heavy atom. The van der Waals surface area contributed by atoms with Gasteiger partial charge in [-0.05, 0) is 45.2 Å². The van der Waals surface area contributed by atoms with Crippen molar-refractivity contribution >= 4 is 12.1 Å². The SMILES string of the molecule is CCNC(=O)N(Cc1cccc(C#N)n1)C1CCN(C(C)CCNC(=O)O)CC1. The lowest BCUT2D eigenvalue weighted by atomic mass is 10.0. The minimum absolute atomic E-state index is 0.0923. The molecular weight excluding hydrogens is 372 g/mol. The van der Waals surface area contributed by atoms with Gasteiger partial charge in [0.15, 0.2) is 0 Å². The van der Waals surface area contributed by atoms with Crippen molar-refractivity contribution in [3.05, 3.63) is 29.6 Å². The maximum absolute atomic E-state index is 12.7. The summed E-state index contributed by atoms with van der Waals surface area (Å²) in [7, 11) is 0. The first kappa shape index (κ1) is 22.4. The number of piperidine rings is 1. The van der Waals surface area contributed by atoms with E-state index in [1.165, 1.54) is 0 Å². The average Bonchev–Trinajstić information content (AvgIpc) is 2.72. The van der Waals surface area contributed by atoms with Crippen LogP contribution in [0, 0.1) is 11.3 Å². The highest BCUT2D eigenvalue weighted by molar-refractivity contribution is 5.74. The molecule has 0 aliphatic carbocycles. The lowest BCUT2D eigenvalue weighted by molar-refractivity contribution is 0.0943. The van der Waals surface area contributed by atoms with Crippen molar-refractivity contribution in [3.8, 4) is 6.07 Å². The van der Waals surface area contributed by atoms with Crippen LogP contribution in [0.1, 0.15) is 44.5 Å². The first-order valence-electron chi connectivity index (χ1n) is 10.1. The molecule has 1 aliphatic heterocycles. The number of carbonyl (C=O) groups is 2. The Bertz CT molecular complexity index is 727. The van der Waals surface area contributed by atoms with Gasteiger partial charge >= 0.3 is 12.1 Å². The quantitative estimate of drug-likeness (QED) is 0.611. The largest absolute Gasteiger partial charge is 0.465 e. The molecular formula is C20H30N6O3. The van der Waals surface area contributed by atoms with Crippen LogP contribution in [0.25, 0.3) is 0 Å². The molecule has 1 atom stereocenters. The fourth-order valence-electron chi connectivity index (χ4n) is 3.63. The smallest absolute Gasteiger partial charge is 0.404 e. The number of nitrogens with one attached hydrogen (secondary N) is 2. The van der Waals surface area contributed by atoms with Crippen molar-refractivity contribution < 1.29 is 14.7 Å². The summed E-state index contributed by atoms with van der Waals surface area (Å²) in [5, 5.41) is 23.0. The van der Waals surface area contributed by atoms with Gasteiger partial charge in [0.05, 0.1) is 12.2 Å². The third kappa shape index (κ3) is 6.91. The van der Waals surface area contributed by atoms with Crippen LogP contribution in [-0.4, -0.2) is 70.3 Å². The van der Waals surface area contributed by atoms with Gasteiger partial charge in [-0.15, -0.1) is 0 Å². The molecule has 1 aliphatic rings. The maximum Gasteiger partial charge on any atom is 0.404 e. The Morgan fingerprint density at radius 1 is 1.38 bits per heavy atom. The molecule has 1 saturated heterocycles. The molecule has 9 nitrogen and oxygen atoms in total. The van der Waals surface area contributed by atoms with E-state index in [0.717, 1.165) is 32.4 Å². The number of aromatic nitrogens is 1. The van der Waals surface area contributed by atoms with E-state index in [-0.39, 0.29) is 18.1 Å². The van der Waals surface area contributed by atoms with Crippen LogP contribution in [0.5, 0.6) is 0 Å². The Morgan fingerprint density at radius 2 is 2.10 bits per heavy atom. The second kappa shape index (κ2) is 11.2. The third-order valence-electron chi connectivity index (χ3n) is 5.24. The third-order valence-corrected chi connectivity index (χ3v) is 5.24. The van der Waals surface area contributed by atoms with E-state index in [4.69, 9.17) is 10.4 Å². The van der Waals surface area contributed by atoms with Crippen molar-refractivity contribution in [2.75, 3.05) is 26.2 Å². The second-order valence-corrected chi connectivity index (χ2v) is 7.23. The standard InChI is InChI=1S/C20H30N6O3/c1-3-22-19(27)26(14-17-6-4-5-16(13-21)24-17)18-8-11-25(12-9-18)15(2)7-10-23-20(28)29/h4-6,15,18,23H,3,7-12,14H2,1-2H3,(H,22,27)(H,28,29). The number of nitrogens with zero attached hydrogens (tertiary/aromatic N) is 4. The first-order chi connectivity index (χ1) is 13.9. The molecule has 2 rings (SSSR count). The number of carbonyl (C=O) groups excluding carboxylic acids is 1. The van der Waals surface area contributed by atoms with Gasteiger partial charge in [-0.25, -0.2) is 14.6 Å². The van der Waals surface area contributed by atoms with Gasteiger partial charge in [0.1, 0.15) is 11.8 Å². The van der Waals surface area contributed by atoms with Gasteiger partial charge in [0.2, 0.25) is 0 Å². The molecule has 1 aromatic heterocycles. The number of urea groups is 1. The summed E-state index contributed by atoms with van der Waals surface area (Å²) >= 11 is 0. The Balaban J connectivity index is 1.97. The van der Waals surface area contributed by atoms with Gasteiger partial charge in [0.25, 0.3) is 0 Å². The second-order valence-electron chi connectivity index (χ2n) is 7.23. The van der Waals surface area contributed by atoms with E-state index >= 15 is 0 Å². The number of likely N-dealkylation sites (tertiary alicyclic amines) is 1. The summed E-state index contributed by atoms with van der Waals surface area (Å²) < 4.78 is 0. The summed E-state index contributed by atoms with van der Waals surface area (Å²) in [5.41, 5.74) is 1.04. The van der Waals surface area contributed by atoms with Gasteiger partial charge in [0, 0.05) is 38.3 Å². The summed E-state index contributed by atoms with van der Waals surface area (Å²) in [6.07, 6.45) is 1.43. The molecule has 3 N–H and O–H groups in total. The molecule has 29 heavy (non-hydrogen) atoms. The molecule has 0 spiro atoms. The lowest BCUT2D eigenvalue weighted by Crippen LogP contribution is -2.51. The molecule has 1 unspecified atom stereocenters. The van der Waals surface area contributed by atoms with Crippen molar-refractivity contribution in [1.29, 1.82) is 5.26 Å². The molecule has 158 valence electrons. The molecule has 9 heteroatoms. The normalized spacial score (nSPS) is 15.9. The van der Waals surface area contributed by atoms with Crippen LogP contribution >= 0.6 is 0 Å². The highest BCUT2D eigenvalue weighted by atomic mass is 16.4. The van der Waals surface area contributed by atoms with Gasteiger partial charge < -0.3 is 25.5 Å². The summed E-state index contributed by atoms with van der Waals surface area (Å²) in [6, 6.07) is 7.55. The zero-order chi connectivity index (χ0) is 21.2. The monoisotopic (exact) mass is 402 g/mol. The van der Waals surface area contributed by atoms with E-state index in [1.807, 2.05) is 24.0 Å². The van der Waals surface area contributed by atoms with Crippen LogP contribution in [0.4, 0.5) is 9.59 Å². The van der Waals surface area contributed by atoms with E-state index in [1.54, 1.807) is 12.1 Å². The summed E-state index contributed by atoms with van der Waals surface area (Å²) in [4.78, 5) is 31.7. The van der Waals surface area contributed by atoms with Crippen molar-refractivity contribution in [2.45, 2.75) is 51.7 Å². The molecule has 1 aromatic rings. The van der Waals surface area contributed by atoms with Crippen LogP contribution in [0.2, 0.25) is 0 Å². The Labute approximate surface area is 171 Å². The predicted octanol–water partition coefficient (Wildman–Crippen LogP) is 2.00. The van der Waals surface area contributed by atoms with E-state index in [0.29, 0.717) is 31.0 Å². The van der Waals surface area contributed by atoms with Crippen molar-refractivity contribution in [2.24, 2.45) is 0 Å². The van der Waals surface area contributed by atoms with Crippen LogP contribution in [-0.2, 0) is 6.54 Å². The molecule has 3 amide bonds. The maximum atomic E-state index is 12.7. The van der Waals surface area contributed by atoms with E-state index < -0.39 is 6.09 Å². The zero-order valence-electron chi connectivity index (χ0n) is 17.1. The molecule has 0 aromatic carbocycles. The van der Waals surface area contributed by atoms with Crippen molar-refractivity contribution in [3.63, 3.8) is 0 Å².